The molecule has 2 aromatic rings. The number of rotatable bonds is 6. The maximum absolute atomic E-state index is 4.49. The highest BCUT2D eigenvalue weighted by Crippen LogP contribution is 2.25. The number of nitrogens with zero attached hydrogens (tertiary/aromatic N) is 1. The molecule has 2 nitrogen and oxygen atoms in total. The molecule has 0 spiro atoms. The maximum atomic E-state index is 4.49. The normalized spacial score (nSPS) is 11.2. The molecule has 0 saturated heterocycles. The summed E-state index contributed by atoms with van der Waals surface area (Å²) in [6.07, 6.45) is 0. The van der Waals surface area contributed by atoms with Crippen LogP contribution in [0.4, 0.5) is 0 Å². The summed E-state index contributed by atoms with van der Waals surface area (Å²) in [5.41, 5.74) is 2.46. The van der Waals surface area contributed by atoms with E-state index in [1.165, 1.54) is 15.5 Å². The summed E-state index contributed by atoms with van der Waals surface area (Å²) in [6.45, 7) is 7.32. The van der Waals surface area contributed by atoms with E-state index in [2.05, 4.69) is 53.8 Å². The smallest absolute Gasteiger partial charge is 0.103 e. The standard InChI is InChI=1S/C15H20N2S2/c1-11(2)16-8-13-5-4-6-14(7-13)18-10-15-17-12(3)9-19-15/h4-7,9,11,16H,8,10H2,1-3H3. The highest BCUT2D eigenvalue weighted by Gasteiger charge is 2.02. The molecule has 0 unspecified atom stereocenters. The summed E-state index contributed by atoms with van der Waals surface area (Å²) in [7, 11) is 0. The quantitative estimate of drug-likeness (QED) is 0.806. The van der Waals surface area contributed by atoms with Crippen LogP contribution >= 0.6 is 23.1 Å². The SMILES string of the molecule is Cc1csc(CSc2cccc(CNC(C)C)c2)n1. The summed E-state index contributed by atoms with van der Waals surface area (Å²) >= 11 is 3.60. The Morgan fingerprint density at radius 1 is 1.37 bits per heavy atom. The van der Waals surface area contributed by atoms with Crippen LogP contribution in [0.25, 0.3) is 0 Å². The Balaban J connectivity index is 1.91. The van der Waals surface area contributed by atoms with E-state index in [0.29, 0.717) is 6.04 Å². The molecule has 0 bridgehead atoms. The van der Waals surface area contributed by atoms with Crippen LogP contribution in [0.1, 0.15) is 30.1 Å². The molecular weight excluding hydrogens is 272 g/mol. The number of hydrogen-bond acceptors (Lipinski definition) is 4. The van der Waals surface area contributed by atoms with Crippen LogP contribution in [0.15, 0.2) is 34.5 Å². The number of benzene rings is 1. The second-order valence-electron chi connectivity index (χ2n) is 4.85. The van der Waals surface area contributed by atoms with Crippen LogP contribution in [0.3, 0.4) is 0 Å². The lowest BCUT2D eigenvalue weighted by atomic mass is 10.2. The second-order valence-corrected chi connectivity index (χ2v) is 6.85. The fourth-order valence-corrected chi connectivity index (χ4v) is 3.45. The Morgan fingerprint density at radius 3 is 2.89 bits per heavy atom. The van der Waals surface area contributed by atoms with Crippen LogP contribution in [-0.4, -0.2) is 11.0 Å². The summed E-state index contributed by atoms with van der Waals surface area (Å²) in [4.78, 5) is 5.81. The van der Waals surface area contributed by atoms with Gasteiger partial charge in [-0.1, -0.05) is 26.0 Å². The Kier molecular flexibility index (Phi) is 5.43. The molecule has 102 valence electrons. The van der Waals surface area contributed by atoms with Crippen LogP contribution in [0.5, 0.6) is 0 Å². The molecule has 0 amide bonds. The van der Waals surface area contributed by atoms with Gasteiger partial charge in [-0.15, -0.1) is 23.1 Å². The predicted molar refractivity (Wildman–Crippen MR) is 84.8 cm³/mol. The molecule has 0 radical (unpaired) electrons. The van der Waals surface area contributed by atoms with Crippen molar-refractivity contribution in [3.8, 4) is 0 Å². The molecule has 0 aliphatic carbocycles. The van der Waals surface area contributed by atoms with Crippen molar-refractivity contribution >= 4 is 23.1 Å². The zero-order valence-electron chi connectivity index (χ0n) is 11.6. The van der Waals surface area contributed by atoms with Gasteiger partial charge < -0.3 is 5.32 Å². The van der Waals surface area contributed by atoms with E-state index >= 15 is 0 Å². The van der Waals surface area contributed by atoms with Gasteiger partial charge in [0.15, 0.2) is 0 Å². The van der Waals surface area contributed by atoms with Crippen molar-refractivity contribution in [2.45, 2.75) is 44.0 Å². The molecule has 0 fully saturated rings. The number of thioether (sulfide) groups is 1. The predicted octanol–water partition coefficient (Wildman–Crippen LogP) is 4.24. The lowest BCUT2D eigenvalue weighted by Gasteiger charge is -2.09. The third kappa shape index (κ3) is 4.97. The van der Waals surface area contributed by atoms with Crippen molar-refractivity contribution in [1.82, 2.24) is 10.3 Å². The molecular formula is C15H20N2S2. The number of aryl methyl sites for hydroxylation is 1. The number of nitrogens with one attached hydrogen (secondary N) is 1. The van der Waals surface area contributed by atoms with Gasteiger partial charge in [0, 0.05) is 28.6 Å². The van der Waals surface area contributed by atoms with Crippen molar-refractivity contribution < 1.29 is 0 Å². The minimum Gasteiger partial charge on any atom is -0.310 e. The van der Waals surface area contributed by atoms with E-state index in [1.807, 2.05) is 18.7 Å². The molecule has 2 rings (SSSR count). The number of aromatic nitrogens is 1. The summed E-state index contributed by atoms with van der Waals surface area (Å²) in [6, 6.07) is 9.26. The van der Waals surface area contributed by atoms with E-state index in [4.69, 9.17) is 0 Å². The zero-order valence-corrected chi connectivity index (χ0v) is 13.3. The van der Waals surface area contributed by atoms with Gasteiger partial charge in [0.1, 0.15) is 5.01 Å². The summed E-state index contributed by atoms with van der Waals surface area (Å²) in [5, 5.41) is 6.76. The molecule has 1 aromatic carbocycles. The molecule has 19 heavy (non-hydrogen) atoms. The van der Waals surface area contributed by atoms with Crippen LogP contribution in [0, 0.1) is 6.92 Å². The van der Waals surface area contributed by atoms with Crippen molar-refractivity contribution in [1.29, 1.82) is 0 Å². The van der Waals surface area contributed by atoms with E-state index in [1.54, 1.807) is 11.3 Å². The van der Waals surface area contributed by atoms with Crippen LogP contribution in [0.2, 0.25) is 0 Å². The van der Waals surface area contributed by atoms with Gasteiger partial charge in [0.2, 0.25) is 0 Å². The van der Waals surface area contributed by atoms with Gasteiger partial charge in [-0.3, -0.25) is 0 Å². The first-order valence-electron chi connectivity index (χ1n) is 6.49. The van der Waals surface area contributed by atoms with Gasteiger partial charge in [-0.2, -0.15) is 0 Å². The fraction of sp³-hybridized carbons (Fsp3) is 0.400. The molecule has 0 aliphatic rings. The maximum Gasteiger partial charge on any atom is 0.103 e. The Hall–Kier alpha value is -0.840. The molecule has 1 aromatic heterocycles. The number of thiazole rings is 1. The van der Waals surface area contributed by atoms with Crippen LogP contribution < -0.4 is 5.32 Å². The highest BCUT2D eigenvalue weighted by molar-refractivity contribution is 7.98. The minimum atomic E-state index is 0.523. The molecule has 0 atom stereocenters. The lowest BCUT2D eigenvalue weighted by Crippen LogP contribution is -2.21. The van der Waals surface area contributed by atoms with Gasteiger partial charge in [-0.25, -0.2) is 4.98 Å². The first-order chi connectivity index (χ1) is 9.13. The second kappa shape index (κ2) is 7.08. The van der Waals surface area contributed by atoms with Gasteiger partial charge in [0.05, 0.1) is 5.75 Å². The average Bonchev–Trinajstić information content (AvgIpc) is 2.80. The lowest BCUT2D eigenvalue weighted by molar-refractivity contribution is 0.588. The molecule has 1 heterocycles. The summed E-state index contributed by atoms with van der Waals surface area (Å²) < 4.78 is 0. The van der Waals surface area contributed by atoms with Gasteiger partial charge in [0.25, 0.3) is 0 Å². The third-order valence-electron chi connectivity index (χ3n) is 2.64. The van der Waals surface area contributed by atoms with Crippen molar-refractivity contribution in [2.75, 3.05) is 0 Å². The first-order valence-corrected chi connectivity index (χ1v) is 8.36. The largest absolute Gasteiger partial charge is 0.310 e. The zero-order chi connectivity index (χ0) is 13.7. The van der Waals surface area contributed by atoms with Gasteiger partial charge >= 0.3 is 0 Å². The highest BCUT2D eigenvalue weighted by atomic mass is 32.2. The molecule has 0 saturated carbocycles. The first kappa shape index (κ1) is 14.6. The Morgan fingerprint density at radius 2 is 2.21 bits per heavy atom. The monoisotopic (exact) mass is 292 g/mol. The fourth-order valence-electron chi connectivity index (χ4n) is 1.68. The minimum absolute atomic E-state index is 0.523. The van der Waals surface area contributed by atoms with Crippen LogP contribution in [-0.2, 0) is 12.3 Å². The van der Waals surface area contributed by atoms with Crippen molar-refractivity contribution in [3.05, 3.63) is 45.9 Å². The molecule has 0 aliphatic heterocycles. The topological polar surface area (TPSA) is 24.9 Å². The molecule has 1 N–H and O–H groups in total. The number of hydrogen-bond donors (Lipinski definition) is 1. The van der Waals surface area contributed by atoms with E-state index < -0.39 is 0 Å². The van der Waals surface area contributed by atoms with E-state index in [-0.39, 0.29) is 0 Å². The van der Waals surface area contributed by atoms with E-state index in [0.717, 1.165) is 18.0 Å². The third-order valence-corrected chi connectivity index (χ3v) is 4.80. The summed E-state index contributed by atoms with van der Waals surface area (Å²) in [5.74, 6) is 0.958. The average molecular weight is 292 g/mol. The van der Waals surface area contributed by atoms with Crippen molar-refractivity contribution in [2.24, 2.45) is 0 Å². The van der Waals surface area contributed by atoms with Gasteiger partial charge in [-0.05, 0) is 24.6 Å². The molecule has 4 heteroatoms. The van der Waals surface area contributed by atoms with E-state index in [9.17, 15) is 0 Å². The Labute approximate surface area is 123 Å². The Bertz CT molecular complexity index is 520. The van der Waals surface area contributed by atoms with Crippen molar-refractivity contribution in [3.63, 3.8) is 0 Å².